The van der Waals surface area contributed by atoms with Crippen molar-refractivity contribution in [2.75, 3.05) is 10.6 Å². The van der Waals surface area contributed by atoms with E-state index in [-0.39, 0.29) is 17.6 Å². The van der Waals surface area contributed by atoms with Crippen LogP contribution in [0, 0.1) is 12.8 Å². The third-order valence-corrected chi connectivity index (χ3v) is 3.88. The first kappa shape index (κ1) is 16.8. The van der Waals surface area contributed by atoms with E-state index >= 15 is 0 Å². The lowest BCUT2D eigenvalue weighted by atomic mass is 10.1. The summed E-state index contributed by atoms with van der Waals surface area (Å²) in [6.07, 6.45) is 0. The second-order valence-corrected chi connectivity index (χ2v) is 6.27. The van der Waals surface area contributed by atoms with E-state index in [1.807, 2.05) is 49.4 Å². The van der Waals surface area contributed by atoms with Gasteiger partial charge in [-0.05, 0) is 31.2 Å². The van der Waals surface area contributed by atoms with Crippen molar-refractivity contribution in [1.29, 1.82) is 0 Å². The van der Waals surface area contributed by atoms with Crippen molar-refractivity contribution in [3.05, 3.63) is 59.9 Å². The molecule has 1 aromatic heterocycles. The Bertz CT molecular complexity index is 924. The summed E-state index contributed by atoms with van der Waals surface area (Å²) in [7, 11) is 0. The Morgan fingerprint density at radius 3 is 2.32 bits per heavy atom. The first-order valence-electron chi connectivity index (χ1n) is 8.16. The minimum absolute atomic E-state index is 0.0933. The smallest absolute Gasteiger partial charge is 0.293 e. The van der Waals surface area contributed by atoms with Gasteiger partial charge in [0.1, 0.15) is 11.3 Å². The third-order valence-electron chi connectivity index (χ3n) is 3.88. The molecule has 2 N–H and O–H groups in total. The number of para-hydroxylation sites is 1. The van der Waals surface area contributed by atoms with Crippen LogP contribution in [0.2, 0.25) is 0 Å². The van der Waals surface area contributed by atoms with Gasteiger partial charge in [-0.3, -0.25) is 9.59 Å². The molecule has 0 aliphatic carbocycles. The molecule has 0 saturated heterocycles. The van der Waals surface area contributed by atoms with Crippen LogP contribution in [-0.2, 0) is 4.79 Å². The van der Waals surface area contributed by atoms with Crippen LogP contribution in [0.15, 0.2) is 52.9 Å². The third kappa shape index (κ3) is 3.55. The quantitative estimate of drug-likeness (QED) is 0.732. The summed E-state index contributed by atoms with van der Waals surface area (Å²) in [4.78, 5) is 24.8. The Hall–Kier alpha value is -3.08. The van der Waals surface area contributed by atoms with Gasteiger partial charge >= 0.3 is 0 Å². The normalized spacial score (nSPS) is 10.9. The minimum atomic E-state index is -0.404. The monoisotopic (exact) mass is 336 g/mol. The molecule has 0 bridgehead atoms. The summed E-state index contributed by atoms with van der Waals surface area (Å²) in [5.41, 5.74) is 2.72. The van der Waals surface area contributed by atoms with E-state index in [4.69, 9.17) is 4.42 Å². The maximum absolute atomic E-state index is 12.7. The number of fused-ring (bicyclic) bond motifs is 1. The average Bonchev–Trinajstić information content (AvgIpc) is 2.95. The molecule has 0 atom stereocenters. The Kier molecular flexibility index (Phi) is 4.57. The standard InChI is InChI=1S/C20H20N2O3/c1-12(2)19(23)22-17-15-6-4-5-7-16(15)25-18(17)20(24)21-14-10-8-13(3)9-11-14/h4-12H,1-3H3,(H,21,24)(H,22,23). The number of aryl methyl sites for hydroxylation is 1. The fourth-order valence-corrected chi connectivity index (χ4v) is 2.42. The highest BCUT2D eigenvalue weighted by Gasteiger charge is 2.23. The molecule has 1 heterocycles. The molecule has 3 aromatic rings. The number of amides is 2. The van der Waals surface area contributed by atoms with Crippen molar-refractivity contribution in [2.24, 2.45) is 5.92 Å². The number of nitrogens with one attached hydrogen (secondary N) is 2. The van der Waals surface area contributed by atoms with Crippen LogP contribution in [0.3, 0.4) is 0 Å². The first-order valence-corrected chi connectivity index (χ1v) is 8.16. The molecular weight excluding hydrogens is 316 g/mol. The van der Waals surface area contributed by atoms with Crippen LogP contribution in [0.4, 0.5) is 11.4 Å². The molecule has 0 aliphatic heterocycles. The number of anilines is 2. The van der Waals surface area contributed by atoms with Crippen LogP contribution < -0.4 is 10.6 Å². The zero-order valence-electron chi connectivity index (χ0n) is 14.4. The van der Waals surface area contributed by atoms with Gasteiger partial charge < -0.3 is 15.1 Å². The number of carbonyl (C=O) groups is 2. The van der Waals surface area contributed by atoms with Crippen LogP contribution >= 0.6 is 0 Å². The SMILES string of the molecule is Cc1ccc(NC(=O)c2oc3ccccc3c2NC(=O)C(C)C)cc1. The maximum Gasteiger partial charge on any atom is 0.293 e. The van der Waals surface area contributed by atoms with E-state index in [0.29, 0.717) is 22.3 Å². The summed E-state index contributed by atoms with van der Waals surface area (Å²) >= 11 is 0. The van der Waals surface area contributed by atoms with Gasteiger partial charge in [-0.2, -0.15) is 0 Å². The predicted octanol–water partition coefficient (Wildman–Crippen LogP) is 4.59. The van der Waals surface area contributed by atoms with Crippen molar-refractivity contribution < 1.29 is 14.0 Å². The van der Waals surface area contributed by atoms with Crippen molar-refractivity contribution in [2.45, 2.75) is 20.8 Å². The van der Waals surface area contributed by atoms with Crippen LogP contribution in [0.5, 0.6) is 0 Å². The van der Waals surface area contributed by atoms with Gasteiger partial charge in [0.2, 0.25) is 11.7 Å². The van der Waals surface area contributed by atoms with Gasteiger partial charge in [-0.1, -0.05) is 43.7 Å². The van der Waals surface area contributed by atoms with Gasteiger partial charge in [0, 0.05) is 17.0 Å². The predicted molar refractivity (Wildman–Crippen MR) is 98.8 cm³/mol. The van der Waals surface area contributed by atoms with Gasteiger partial charge in [-0.15, -0.1) is 0 Å². The lowest BCUT2D eigenvalue weighted by Gasteiger charge is -2.09. The van der Waals surface area contributed by atoms with Crippen molar-refractivity contribution >= 4 is 34.2 Å². The molecule has 2 amide bonds. The molecule has 5 nitrogen and oxygen atoms in total. The van der Waals surface area contributed by atoms with Gasteiger partial charge in [0.25, 0.3) is 5.91 Å². The molecule has 3 rings (SSSR count). The van der Waals surface area contributed by atoms with E-state index in [1.54, 1.807) is 19.9 Å². The fraction of sp³-hybridized carbons (Fsp3) is 0.200. The maximum atomic E-state index is 12.7. The average molecular weight is 336 g/mol. The lowest BCUT2D eigenvalue weighted by Crippen LogP contribution is -2.20. The molecule has 2 aromatic carbocycles. The Balaban J connectivity index is 1.97. The number of hydrogen-bond donors (Lipinski definition) is 2. The topological polar surface area (TPSA) is 71.3 Å². The fourth-order valence-electron chi connectivity index (χ4n) is 2.42. The van der Waals surface area contributed by atoms with E-state index < -0.39 is 5.91 Å². The van der Waals surface area contributed by atoms with Crippen molar-refractivity contribution in [3.63, 3.8) is 0 Å². The number of furan rings is 1. The van der Waals surface area contributed by atoms with Crippen molar-refractivity contribution in [1.82, 2.24) is 0 Å². The highest BCUT2D eigenvalue weighted by atomic mass is 16.3. The van der Waals surface area contributed by atoms with Crippen molar-refractivity contribution in [3.8, 4) is 0 Å². The lowest BCUT2D eigenvalue weighted by molar-refractivity contribution is -0.118. The van der Waals surface area contributed by atoms with E-state index in [2.05, 4.69) is 10.6 Å². The van der Waals surface area contributed by atoms with Crippen LogP contribution in [0.25, 0.3) is 11.0 Å². The second kappa shape index (κ2) is 6.81. The molecule has 5 heteroatoms. The molecule has 0 fully saturated rings. The van der Waals surface area contributed by atoms with Crippen LogP contribution in [-0.4, -0.2) is 11.8 Å². The Morgan fingerprint density at radius 2 is 1.64 bits per heavy atom. The van der Waals surface area contributed by atoms with E-state index in [9.17, 15) is 9.59 Å². The van der Waals surface area contributed by atoms with Gasteiger partial charge in [0.15, 0.2) is 0 Å². The molecule has 0 saturated carbocycles. The summed E-state index contributed by atoms with van der Waals surface area (Å²) in [5.74, 6) is -0.688. The number of hydrogen-bond acceptors (Lipinski definition) is 3. The number of benzene rings is 2. The molecule has 25 heavy (non-hydrogen) atoms. The molecule has 128 valence electrons. The largest absolute Gasteiger partial charge is 0.449 e. The molecule has 0 spiro atoms. The zero-order valence-corrected chi connectivity index (χ0v) is 14.4. The summed E-state index contributed by atoms with van der Waals surface area (Å²) in [5, 5.41) is 6.32. The summed E-state index contributed by atoms with van der Waals surface area (Å²) in [6.45, 7) is 5.57. The first-order chi connectivity index (χ1) is 12.0. The highest BCUT2D eigenvalue weighted by molar-refractivity contribution is 6.14. The zero-order chi connectivity index (χ0) is 18.0. The van der Waals surface area contributed by atoms with Gasteiger partial charge in [0.05, 0.1) is 0 Å². The molecular formula is C20H20N2O3. The second-order valence-electron chi connectivity index (χ2n) is 6.27. The highest BCUT2D eigenvalue weighted by Crippen LogP contribution is 2.31. The van der Waals surface area contributed by atoms with Gasteiger partial charge in [-0.25, -0.2) is 0 Å². The Labute approximate surface area is 146 Å². The van der Waals surface area contributed by atoms with E-state index in [0.717, 1.165) is 5.56 Å². The van der Waals surface area contributed by atoms with Crippen LogP contribution in [0.1, 0.15) is 30.0 Å². The number of carbonyl (C=O) groups excluding carboxylic acids is 2. The Morgan fingerprint density at radius 1 is 0.960 bits per heavy atom. The van der Waals surface area contributed by atoms with E-state index in [1.165, 1.54) is 0 Å². The molecule has 0 aliphatic rings. The summed E-state index contributed by atoms with van der Waals surface area (Å²) < 4.78 is 5.71. The minimum Gasteiger partial charge on any atom is -0.449 e. The molecule has 0 radical (unpaired) electrons. The molecule has 0 unspecified atom stereocenters. The number of rotatable bonds is 4. The summed E-state index contributed by atoms with van der Waals surface area (Å²) in [6, 6.07) is 14.7.